The first kappa shape index (κ1) is 28.5. The Labute approximate surface area is 207 Å². The molecule has 2 fully saturated rings. The van der Waals surface area contributed by atoms with E-state index >= 15 is 0 Å². The van der Waals surface area contributed by atoms with E-state index in [1.165, 1.54) is 0 Å². The van der Waals surface area contributed by atoms with Crippen LogP contribution in [0.2, 0.25) is 0 Å². The number of rotatable bonds is 9. The molecule has 35 heavy (non-hydrogen) atoms. The van der Waals surface area contributed by atoms with Crippen molar-refractivity contribution in [3.8, 4) is 0 Å². The molecule has 202 valence electrons. The number of fused-ring (bicyclic) bond motifs is 1. The molecule has 2 aliphatic carbocycles. The summed E-state index contributed by atoms with van der Waals surface area (Å²) in [7, 11) is 0. The van der Waals surface area contributed by atoms with Crippen molar-refractivity contribution < 1.29 is 44.9 Å². The normalized spacial score (nSPS) is 42.1. The van der Waals surface area contributed by atoms with Crippen molar-refractivity contribution in [3.05, 3.63) is 11.6 Å². The minimum atomic E-state index is -1.50. The molecule has 3 aliphatic rings. The van der Waals surface area contributed by atoms with Crippen LogP contribution in [-0.4, -0.2) is 86.6 Å². The van der Waals surface area contributed by atoms with E-state index in [1.54, 1.807) is 0 Å². The molecule has 0 aromatic carbocycles. The molecule has 6 N–H and O–H groups in total. The first-order valence-corrected chi connectivity index (χ1v) is 12.9. The zero-order chi connectivity index (χ0) is 26.1. The maximum Gasteiger partial charge on any atom is 0.331 e. The molecular weight excluding hydrogens is 456 g/mol. The Balaban J connectivity index is 1.82. The lowest BCUT2D eigenvalue weighted by molar-refractivity contribution is -0.326. The van der Waals surface area contributed by atoms with E-state index in [2.05, 4.69) is 27.7 Å². The first-order chi connectivity index (χ1) is 16.4. The summed E-state index contributed by atoms with van der Waals surface area (Å²) in [6, 6.07) is 0. The van der Waals surface area contributed by atoms with E-state index in [-0.39, 0.29) is 30.0 Å². The Morgan fingerprint density at radius 1 is 1.14 bits per heavy atom. The van der Waals surface area contributed by atoms with Gasteiger partial charge >= 0.3 is 5.97 Å². The largest absolute Gasteiger partial charge is 0.478 e. The van der Waals surface area contributed by atoms with Crippen molar-refractivity contribution in [2.45, 2.75) is 103 Å². The Hall–Kier alpha value is -1.07. The highest BCUT2D eigenvalue weighted by atomic mass is 16.7. The van der Waals surface area contributed by atoms with Gasteiger partial charge < -0.3 is 40.1 Å². The predicted molar refractivity (Wildman–Crippen MR) is 127 cm³/mol. The summed E-state index contributed by atoms with van der Waals surface area (Å²) in [4.78, 5) is 12.2. The molecule has 0 aromatic rings. The first-order valence-electron chi connectivity index (χ1n) is 12.9. The standard InChI is InChI=1S/C26H44O9/c1-14(10-12-27)5-7-16-15(23(32)33)6-8-18-25(2,3)19(9-11-26(16,18)4)35-24-22(31)21(30)20(29)17(13-28)34-24/h6,14,16-22,24,27-31H,5,7-13H2,1-4H3,(H,32,33)/t14?,16-,17-,18?,19?,20-,21+,22-,24+,26+/m1/s1. The number of aliphatic hydroxyl groups excluding tert-OH is 5. The van der Waals surface area contributed by atoms with Crippen LogP contribution < -0.4 is 0 Å². The van der Waals surface area contributed by atoms with Gasteiger partial charge in [0.25, 0.3) is 0 Å². The van der Waals surface area contributed by atoms with Crippen molar-refractivity contribution in [3.63, 3.8) is 0 Å². The molecule has 1 saturated heterocycles. The molecule has 0 amide bonds. The quantitative estimate of drug-likeness (QED) is 0.276. The van der Waals surface area contributed by atoms with Gasteiger partial charge in [-0.15, -0.1) is 0 Å². The third-order valence-electron chi connectivity index (χ3n) is 9.18. The summed E-state index contributed by atoms with van der Waals surface area (Å²) < 4.78 is 11.8. The van der Waals surface area contributed by atoms with E-state index in [9.17, 15) is 35.4 Å². The molecule has 0 bridgehead atoms. The Morgan fingerprint density at radius 3 is 2.43 bits per heavy atom. The highest BCUT2D eigenvalue weighted by Gasteiger charge is 2.58. The number of carboxylic acids is 1. The molecule has 1 saturated carbocycles. The molecule has 3 unspecified atom stereocenters. The van der Waals surface area contributed by atoms with Gasteiger partial charge in [0, 0.05) is 12.2 Å². The molecule has 0 aromatic heterocycles. The number of aliphatic carboxylic acids is 1. The molecule has 9 nitrogen and oxygen atoms in total. The number of aliphatic hydroxyl groups is 5. The van der Waals surface area contributed by atoms with Gasteiger partial charge in [0.2, 0.25) is 0 Å². The van der Waals surface area contributed by atoms with Crippen LogP contribution in [-0.2, 0) is 14.3 Å². The molecule has 0 spiro atoms. The molecule has 1 heterocycles. The highest BCUT2D eigenvalue weighted by molar-refractivity contribution is 5.87. The summed E-state index contributed by atoms with van der Waals surface area (Å²) in [5.74, 6) is -0.577. The maximum atomic E-state index is 12.2. The molecule has 3 rings (SSSR count). The van der Waals surface area contributed by atoms with Gasteiger partial charge in [-0.2, -0.15) is 0 Å². The monoisotopic (exact) mass is 500 g/mol. The van der Waals surface area contributed by atoms with Crippen molar-refractivity contribution in [2.75, 3.05) is 13.2 Å². The average molecular weight is 501 g/mol. The fourth-order valence-corrected chi connectivity index (χ4v) is 6.92. The number of carboxylic acid groups (broad SMARTS) is 1. The van der Waals surface area contributed by atoms with Crippen LogP contribution in [0.25, 0.3) is 0 Å². The number of allylic oxidation sites excluding steroid dienone is 1. The Bertz CT molecular complexity index is 766. The predicted octanol–water partition coefficient (Wildman–Crippen LogP) is 1.44. The zero-order valence-corrected chi connectivity index (χ0v) is 21.3. The van der Waals surface area contributed by atoms with Crippen LogP contribution in [0.4, 0.5) is 0 Å². The minimum absolute atomic E-state index is 0.111. The molecule has 1 aliphatic heterocycles. The lowest BCUT2D eigenvalue weighted by atomic mass is 9.47. The fraction of sp³-hybridized carbons (Fsp3) is 0.885. The Morgan fingerprint density at radius 2 is 1.83 bits per heavy atom. The minimum Gasteiger partial charge on any atom is -0.478 e. The molecule has 9 heteroatoms. The van der Waals surface area contributed by atoms with E-state index in [0.29, 0.717) is 30.8 Å². The van der Waals surface area contributed by atoms with Crippen LogP contribution >= 0.6 is 0 Å². The van der Waals surface area contributed by atoms with Crippen LogP contribution in [0.3, 0.4) is 0 Å². The second kappa shape index (κ2) is 11.1. The van der Waals surface area contributed by atoms with Crippen LogP contribution in [0.5, 0.6) is 0 Å². The second-order valence-electron chi connectivity index (χ2n) is 11.7. The SMILES string of the molecule is CC(CCO)CC[C@@H]1C(C(=O)O)=CCC2C(C)(C)C(O[C@@H]3O[C@H](CO)[C@@H](O)[C@H](O)[C@H]3O)CC[C@]21C. The number of hydrogen-bond acceptors (Lipinski definition) is 8. The van der Waals surface area contributed by atoms with Gasteiger partial charge in [0.15, 0.2) is 6.29 Å². The third-order valence-corrected chi connectivity index (χ3v) is 9.18. The maximum absolute atomic E-state index is 12.2. The van der Waals surface area contributed by atoms with E-state index in [0.717, 1.165) is 19.3 Å². The fourth-order valence-electron chi connectivity index (χ4n) is 6.92. The van der Waals surface area contributed by atoms with E-state index in [1.807, 2.05) is 6.08 Å². The number of carbonyl (C=O) groups is 1. The van der Waals surface area contributed by atoms with Gasteiger partial charge in [0.05, 0.1) is 12.7 Å². The van der Waals surface area contributed by atoms with Crippen LogP contribution in [0, 0.1) is 28.6 Å². The van der Waals surface area contributed by atoms with Crippen molar-refractivity contribution >= 4 is 5.97 Å². The number of hydrogen-bond donors (Lipinski definition) is 6. The van der Waals surface area contributed by atoms with Gasteiger partial charge in [-0.05, 0) is 60.7 Å². The van der Waals surface area contributed by atoms with Crippen molar-refractivity contribution in [1.82, 2.24) is 0 Å². The van der Waals surface area contributed by atoms with Gasteiger partial charge in [-0.25, -0.2) is 4.79 Å². The summed E-state index contributed by atoms with van der Waals surface area (Å²) >= 11 is 0. The van der Waals surface area contributed by atoms with Crippen molar-refractivity contribution in [1.29, 1.82) is 0 Å². The summed E-state index contributed by atoms with van der Waals surface area (Å²) in [6.45, 7) is 8.05. The number of ether oxygens (including phenoxy) is 2. The lowest BCUT2D eigenvalue weighted by Crippen LogP contribution is -2.62. The van der Waals surface area contributed by atoms with Crippen LogP contribution in [0.15, 0.2) is 11.6 Å². The summed E-state index contributed by atoms with van der Waals surface area (Å²) in [5.41, 5.74) is -0.189. The van der Waals surface area contributed by atoms with Crippen molar-refractivity contribution in [2.24, 2.45) is 28.6 Å². The van der Waals surface area contributed by atoms with E-state index in [4.69, 9.17) is 9.47 Å². The van der Waals surface area contributed by atoms with Gasteiger partial charge in [-0.3, -0.25) is 0 Å². The smallest absolute Gasteiger partial charge is 0.331 e. The zero-order valence-electron chi connectivity index (χ0n) is 21.3. The van der Waals surface area contributed by atoms with Crippen LogP contribution in [0.1, 0.15) is 66.2 Å². The highest BCUT2D eigenvalue weighted by Crippen LogP contribution is 2.61. The third kappa shape index (κ3) is 5.46. The molecule has 0 radical (unpaired) electrons. The molecule has 10 atom stereocenters. The van der Waals surface area contributed by atoms with E-state index < -0.39 is 48.7 Å². The second-order valence-corrected chi connectivity index (χ2v) is 11.7. The van der Waals surface area contributed by atoms with Gasteiger partial charge in [0.1, 0.15) is 24.4 Å². The molecular formula is C26H44O9. The Kier molecular flexibility index (Phi) is 9.06. The van der Waals surface area contributed by atoms with Gasteiger partial charge in [-0.1, -0.05) is 40.2 Å². The lowest BCUT2D eigenvalue weighted by Gasteiger charge is -2.59. The topological polar surface area (TPSA) is 157 Å². The summed E-state index contributed by atoms with van der Waals surface area (Å²) in [5, 5.41) is 59.5. The average Bonchev–Trinajstić information content (AvgIpc) is 2.79. The summed E-state index contributed by atoms with van der Waals surface area (Å²) in [6.07, 6.45) is -0.886.